The molecule has 1 aliphatic heterocycles. The largest absolute Gasteiger partial charge is 0.490 e. The van der Waals surface area contributed by atoms with Crippen molar-refractivity contribution in [3.8, 4) is 5.75 Å². The van der Waals surface area contributed by atoms with Gasteiger partial charge in [0.25, 0.3) is 5.91 Å². The van der Waals surface area contributed by atoms with E-state index in [1.165, 1.54) is 18.0 Å². The highest BCUT2D eigenvalue weighted by molar-refractivity contribution is 7.98. The normalized spacial score (nSPS) is 20.7. The average Bonchev–Trinajstić information content (AvgIpc) is 3.75. The van der Waals surface area contributed by atoms with Gasteiger partial charge in [-0.2, -0.15) is 0 Å². The predicted octanol–water partition coefficient (Wildman–Crippen LogP) is 7.49. The number of likely N-dealkylation sites (tertiary alicyclic amines) is 1. The number of nitrogens with zero attached hydrogens (tertiary/aromatic N) is 1. The lowest BCUT2D eigenvalue weighted by Crippen LogP contribution is -2.45. The summed E-state index contributed by atoms with van der Waals surface area (Å²) in [5.41, 5.74) is 0.316. The van der Waals surface area contributed by atoms with Crippen LogP contribution in [0.1, 0.15) is 78.9 Å². The zero-order chi connectivity index (χ0) is 25.4. The molecule has 4 nitrogen and oxygen atoms in total. The van der Waals surface area contributed by atoms with Gasteiger partial charge in [-0.05, 0) is 98.7 Å². The fraction of sp³-hybridized carbons (Fsp3) is 0.519. The highest BCUT2D eigenvalue weighted by atomic mass is 35.5. The summed E-state index contributed by atoms with van der Waals surface area (Å²) in [5, 5.41) is 1.60. The molecule has 1 amide bonds. The minimum atomic E-state index is -1.50. The lowest BCUT2D eigenvalue weighted by Gasteiger charge is -2.39. The molecular formula is C27H30Cl2F2N2O2S. The summed E-state index contributed by atoms with van der Waals surface area (Å²) in [5.74, 6) is -0.490. The van der Waals surface area contributed by atoms with Crippen LogP contribution in [0.15, 0.2) is 30.3 Å². The third-order valence-electron chi connectivity index (χ3n) is 7.30. The molecule has 0 bridgehead atoms. The van der Waals surface area contributed by atoms with Crippen LogP contribution in [-0.2, 0) is 0 Å². The number of amides is 1. The second-order valence-electron chi connectivity index (χ2n) is 10.2. The molecule has 2 aliphatic carbocycles. The Labute approximate surface area is 225 Å². The van der Waals surface area contributed by atoms with Crippen LogP contribution >= 0.6 is 35.1 Å². The van der Waals surface area contributed by atoms with Crippen LogP contribution in [0.5, 0.6) is 5.75 Å². The fourth-order valence-corrected chi connectivity index (χ4v) is 5.95. The van der Waals surface area contributed by atoms with Crippen molar-refractivity contribution < 1.29 is 18.3 Å². The Kier molecular flexibility index (Phi) is 7.74. The summed E-state index contributed by atoms with van der Waals surface area (Å²) < 4.78 is 39.2. The number of ether oxygens (including phenoxy) is 1. The Morgan fingerprint density at radius 3 is 2.42 bits per heavy atom. The lowest BCUT2D eigenvalue weighted by molar-refractivity contribution is 0.00614. The maximum Gasteiger partial charge on any atom is 0.264 e. The van der Waals surface area contributed by atoms with Crippen LogP contribution < -0.4 is 9.46 Å². The van der Waals surface area contributed by atoms with Gasteiger partial charge in [-0.1, -0.05) is 23.2 Å². The van der Waals surface area contributed by atoms with E-state index in [-0.39, 0.29) is 24.1 Å². The summed E-state index contributed by atoms with van der Waals surface area (Å²) >= 11 is 13.7. The quantitative estimate of drug-likeness (QED) is 0.326. The zero-order valence-corrected chi connectivity index (χ0v) is 22.5. The van der Waals surface area contributed by atoms with Crippen LogP contribution in [0.25, 0.3) is 0 Å². The van der Waals surface area contributed by atoms with Crippen molar-refractivity contribution in [3.05, 3.63) is 62.9 Å². The van der Waals surface area contributed by atoms with E-state index in [1.54, 1.807) is 12.1 Å². The van der Waals surface area contributed by atoms with Gasteiger partial charge >= 0.3 is 0 Å². The maximum absolute atomic E-state index is 15.7. The lowest BCUT2D eigenvalue weighted by atomic mass is 9.92. The van der Waals surface area contributed by atoms with Crippen molar-refractivity contribution in [2.45, 2.75) is 68.3 Å². The van der Waals surface area contributed by atoms with Gasteiger partial charge in [-0.15, -0.1) is 0 Å². The number of hydrogen-bond acceptors (Lipinski definition) is 4. The van der Waals surface area contributed by atoms with Gasteiger partial charge in [-0.25, -0.2) is 8.78 Å². The molecule has 5 rings (SSSR count). The van der Waals surface area contributed by atoms with E-state index in [9.17, 15) is 9.18 Å². The Bertz CT molecular complexity index is 1110. The highest BCUT2D eigenvalue weighted by Gasteiger charge is 2.38. The molecule has 1 heterocycles. The first-order chi connectivity index (χ1) is 17.2. The number of carbonyl (C=O) groups excluding carboxylic acids is 1. The molecule has 1 atom stereocenters. The van der Waals surface area contributed by atoms with Gasteiger partial charge in [-0.3, -0.25) is 14.4 Å². The van der Waals surface area contributed by atoms with Crippen molar-refractivity contribution in [1.82, 2.24) is 9.62 Å². The molecule has 2 aromatic carbocycles. The van der Waals surface area contributed by atoms with E-state index in [2.05, 4.69) is 16.5 Å². The fourth-order valence-electron chi connectivity index (χ4n) is 4.65. The average molecular weight is 556 g/mol. The van der Waals surface area contributed by atoms with Crippen molar-refractivity contribution in [2.75, 3.05) is 19.7 Å². The summed E-state index contributed by atoms with van der Waals surface area (Å²) in [6, 6.07) is 8.38. The Hall–Kier alpha value is -1.54. The van der Waals surface area contributed by atoms with Crippen LogP contribution in [0.2, 0.25) is 10.0 Å². The number of hydrogen-bond donors (Lipinski definition) is 1. The third kappa shape index (κ3) is 6.29. The summed E-state index contributed by atoms with van der Waals surface area (Å²) in [7, 11) is 0. The molecule has 3 aliphatic rings. The van der Waals surface area contributed by atoms with Gasteiger partial charge in [0, 0.05) is 40.5 Å². The molecule has 36 heavy (non-hydrogen) atoms. The van der Waals surface area contributed by atoms with Gasteiger partial charge in [0.2, 0.25) is 0 Å². The molecule has 0 radical (unpaired) electrons. The van der Waals surface area contributed by atoms with E-state index < -0.39 is 17.4 Å². The van der Waals surface area contributed by atoms with E-state index >= 15 is 4.39 Å². The van der Waals surface area contributed by atoms with Crippen LogP contribution in [0.4, 0.5) is 8.78 Å². The molecule has 1 N–H and O–H groups in total. The molecule has 1 saturated heterocycles. The Morgan fingerprint density at radius 2 is 1.81 bits per heavy atom. The van der Waals surface area contributed by atoms with Crippen LogP contribution in [0, 0.1) is 5.82 Å². The van der Waals surface area contributed by atoms with E-state index in [0.717, 1.165) is 36.8 Å². The van der Waals surface area contributed by atoms with Gasteiger partial charge < -0.3 is 4.74 Å². The molecule has 2 saturated carbocycles. The smallest absolute Gasteiger partial charge is 0.264 e. The topological polar surface area (TPSA) is 41.6 Å². The number of piperidine rings is 1. The monoisotopic (exact) mass is 554 g/mol. The number of benzene rings is 2. The third-order valence-corrected chi connectivity index (χ3v) is 8.84. The predicted molar refractivity (Wildman–Crippen MR) is 141 cm³/mol. The van der Waals surface area contributed by atoms with Gasteiger partial charge in [0.05, 0.1) is 5.56 Å². The van der Waals surface area contributed by atoms with Crippen LogP contribution in [0.3, 0.4) is 0 Å². The van der Waals surface area contributed by atoms with Crippen molar-refractivity contribution in [3.63, 3.8) is 0 Å². The maximum atomic E-state index is 15.7. The molecule has 2 aromatic rings. The number of alkyl halides is 1. The minimum Gasteiger partial charge on any atom is -0.490 e. The van der Waals surface area contributed by atoms with Gasteiger partial charge in [0.15, 0.2) is 0 Å². The summed E-state index contributed by atoms with van der Waals surface area (Å²) in [6.45, 7) is 3.05. The first kappa shape index (κ1) is 26.1. The summed E-state index contributed by atoms with van der Waals surface area (Å²) in [6.07, 6.45) is 4.69. The number of rotatable bonds is 9. The molecule has 9 heteroatoms. The molecule has 1 unspecified atom stereocenters. The SMILES string of the molecule is CC(c1cc(Cl)cc(Cl)c1)N1CCC(F)(COc2cc(F)c(C(=O)NSC3CC3)cc2C2CC2)CC1. The van der Waals surface area contributed by atoms with Crippen molar-refractivity contribution in [1.29, 1.82) is 0 Å². The standard InChI is InChI=1S/C27H30Cl2F2N2O2S/c1-16(18-10-19(28)12-20(29)11-18)33-8-6-27(31,7-9-33)15-35-25-14-24(30)23(13-22(25)17-2-3-17)26(34)32-36-21-4-5-21/h10-14,16-17,21H,2-9,15H2,1H3,(H,32,34). The highest BCUT2D eigenvalue weighted by Crippen LogP contribution is 2.46. The number of nitrogens with one attached hydrogen (secondary N) is 1. The van der Waals surface area contributed by atoms with E-state index in [1.807, 2.05) is 12.1 Å². The molecule has 0 spiro atoms. The Morgan fingerprint density at radius 1 is 1.14 bits per heavy atom. The molecule has 3 fully saturated rings. The first-order valence-electron chi connectivity index (χ1n) is 12.5. The van der Waals surface area contributed by atoms with Crippen molar-refractivity contribution >= 4 is 41.1 Å². The zero-order valence-electron chi connectivity index (χ0n) is 20.2. The van der Waals surface area contributed by atoms with E-state index in [0.29, 0.717) is 47.0 Å². The molecule has 194 valence electrons. The Balaban J connectivity index is 1.21. The van der Waals surface area contributed by atoms with Crippen LogP contribution in [-0.4, -0.2) is 41.4 Å². The second kappa shape index (κ2) is 10.7. The van der Waals surface area contributed by atoms with E-state index in [4.69, 9.17) is 27.9 Å². The van der Waals surface area contributed by atoms with Gasteiger partial charge in [0.1, 0.15) is 23.8 Å². The number of carbonyl (C=O) groups is 1. The van der Waals surface area contributed by atoms with Crippen molar-refractivity contribution in [2.24, 2.45) is 0 Å². The minimum absolute atomic E-state index is 0.0239. The summed E-state index contributed by atoms with van der Waals surface area (Å²) in [4.78, 5) is 14.7. The second-order valence-corrected chi connectivity index (χ2v) is 12.2. The molecule has 0 aromatic heterocycles. The number of halogens is 4. The first-order valence-corrected chi connectivity index (χ1v) is 14.2. The molecular weight excluding hydrogens is 525 g/mol.